The largest absolute Gasteiger partial charge is 0.393 e. The lowest BCUT2D eigenvalue weighted by molar-refractivity contribution is -0.0433. The molecule has 0 aromatic rings. The second kappa shape index (κ2) is 5.06. The van der Waals surface area contributed by atoms with E-state index in [0.29, 0.717) is 19.0 Å². The Labute approximate surface area is 108 Å². The van der Waals surface area contributed by atoms with Gasteiger partial charge in [-0.15, -0.1) is 0 Å². The van der Waals surface area contributed by atoms with Gasteiger partial charge in [0.15, 0.2) is 0 Å². The lowest BCUT2D eigenvalue weighted by Gasteiger charge is -2.39. The standard InChI is InChI=1S/C13H25N3O2/c14-8-5-10(17)13(11(18)6-8)9-7-16-4-2-1-3-12(16)15-9/h8-13,15,17-18H,1-7,14H2. The van der Waals surface area contributed by atoms with Crippen molar-refractivity contribution in [3.63, 3.8) is 0 Å². The third-order valence-corrected chi connectivity index (χ3v) is 4.89. The number of nitrogens with one attached hydrogen (secondary N) is 1. The van der Waals surface area contributed by atoms with E-state index >= 15 is 0 Å². The van der Waals surface area contributed by atoms with E-state index in [1.54, 1.807) is 0 Å². The van der Waals surface area contributed by atoms with Crippen LogP contribution in [0.3, 0.4) is 0 Å². The van der Waals surface area contributed by atoms with Gasteiger partial charge in [-0.3, -0.25) is 10.2 Å². The molecule has 2 aliphatic heterocycles. The SMILES string of the molecule is NC1CC(O)C(C2CN3CCCCC3N2)C(O)C1. The number of aliphatic hydroxyl groups excluding tert-OH is 2. The second-order valence-electron chi connectivity index (χ2n) is 6.22. The molecule has 5 N–H and O–H groups in total. The monoisotopic (exact) mass is 255 g/mol. The van der Waals surface area contributed by atoms with Gasteiger partial charge in [-0.05, 0) is 38.6 Å². The predicted octanol–water partition coefficient (Wildman–Crippen LogP) is -0.771. The van der Waals surface area contributed by atoms with Crippen LogP contribution in [0.1, 0.15) is 32.1 Å². The van der Waals surface area contributed by atoms with Gasteiger partial charge in [-0.25, -0.2) is 0 Å². The Morgan fingerprint density at radius 1 is 1.11 bits per heavy atom. The molecule has 0 radical (unpaired) electrons. The molecule has 5 nitrogen and oxygen atoms in total. The van der Waals surface area contributed by atoms with E-state index in [9.17, 15) is 10.2 Å². The van der Waals surface area contributed by atoms with E-state index < -0.39 is 12.2 Å². The highest BCUT2D eigenvalue weighted by Crippen LogP contribution is 2.32. The molecule has 4 unspecified atom stereocenters. The maximum atomic E-state index is 10.2. The Balaban J connectivity index is 1.67. The highest BCUT2D eigenvalue weighted by atomic mass is 16.3. The molecule has 0 spiro atoms. The summed E-state index contributed by atoms with van der Waals surface area (Å²) in [6.45, 7) is 2.10. The third kappa shape index (κ3) is 2.30. The molecule has 0 aromatic heterocycles. The normalized spacial score (nSPS) is 50.2. The number of hydrogen-bond acceptors (Lipinski definition) is 5. The van der Waals surface area contributed by atoms with E-state index in [1.165, 1.54) is 19.3 Å². The fourth-order valence-corrected chi connectivity index (χ4v) is 4.01. The third-order valence-electron chi connectivity index (χ3n) is 4.89. The molecule has 5 heteroatoms. The van der Waals surface area contributed by atoms with Gasteiger partial charge in [-0.2, -0.15) is 0 Å². The van der Waals surface area contributed by atoms with Gasteiger partial charge in [0, 0.05) is 24.5 Å². The highest BCUT2D eigenvalue weighted by Gasteiger charge is 2.44. The Hall–Kier alpha value is -0.200. The zero-order chi connectivity index (χ0) is 12.7. The minimum atomic E-state index is -0.470. The van der Waals surface area contributed by atoms with Crippen molar-refractivity contribution < 1.29 is 10.2 Å². The van der Waals surface area contributed by atoms with Gasteiger partial charge in [0.2, 0.25) is 0 Å². The first-order chi connectivity index (χ1) is 8.65. The van der Waals surface area contributed by atoms with Crippen molar-refractivity contribution in [2.45, 2.75) is 62.6 Å². The van der Waals surface area contributed by atoms with Crippen LogP contribution >= 0.6 is 0 Å². The molecule has 2 saturated heterocycles. The molecular weight excluding hydrogens is 230 g/mol. The molecule has 2 heterocycles. The van der Waals surface area contributed by atoms with Crippen LogP contribution in [0.4, 0.5) is 0 Å². The van der Waals surface area contributed by atoms with Crippen molar-refractivity contribution in [3.05, 3.63) is 0 Å². The van der Waals surface area contributed by atoms with E-state index in [2.05, 4.69) is 10.2 Å². The van der Waals surface area contributed by atoms with Crippen LogP contribution in [0.2, 0.25) is 0 Å². The molecule has 0 aromatic carbocycles. The average Bonchev–Trinajstić information content (AvgIpc) is 2.70. The van der Waals surface area contributed by atoms with Gasteiger partial charge >= 0.3 is 0 Å². The zero-order valence-electron chi connectivity index (χ0n) is 10.8. The maximum absolute atomic E-state index is 10.2. The first-order valence-corrected chi connectivity index (χ1v) is 7.27. The summed E-state index contributed by atoms with van der Waals surface area (Å²) in [6, 6.07) is 0.154. The average molecular weight is 255 g/mol. The van der Waals surface area contributed by atoms with E-state index in [-0.39, 0.29) is 18.0 Å². The van der Waals surface area contributed by atoms with Crippen LogP contribution in [0.15, 0.2) is 0 Å². The molecular formula is C13H25N3O2. The summed E-state index contributed by atoms with van der Waals surface area (Å²) >= 11 is 0. The summed E-state index contributed by atoms with van der Waals surface area (Å²) in [5.74, 6) is -0.0598. The fraction of sp³-hybridized carbons (Fsp3) is 1.00. The lowest BCUT2D eigenvalue weighted by atomic mass is 9.77. The van der Waals surface area contributed by atoms with Gasteiger partial charge in [-0.1, -0.05) is 0 Å². The fourth-order valence-electron chi connectivity index (χ4n) is 4.01. The van der Waals surface area contributed by atoms with Crippen molar-refractivity contribution in [1.29, 1.82) is 0 Å². The number of fused-ring (bicyclic) bond motifs is 1. The van der Waals surface area contributed by atoms with Crippen molar-refractivity contribution in [3.8, 4) is 0 Å². The molecule has 18 heavy (non-hydrogen) atoms. The molecule has 0 bridgehead atoms. The van der Waals surface area contributed by atoms with E-state index in [0.717, 1.165) is 13.1 Å². The summed E-state index contributed by atoms with van der Waals surface area (Å²) in [5, 5.41) is 24.0. The number of rotatable bonds is 1. The van der Waals surface area contributed by atoms with E-state index in [1.807, 2.05) is 0 Å². The minimum absolute atomic E-state index is 0.0598. The van der Waals surface area contributed by atoms with Crippen LogP contribution in [0, 0.1) is 5.92 Å². The van der Waals surface area contributed by atoms with Crippen molar-refractivity contribution in [2.24, 2.45) is 11.7 Å². The molecule has 1 saturated carbocycles. The number of aliphatic hydroxyl groups is 2. The summed E-state index contributed by atoms with van der Waals surface area (Å²) in [5.41, 5.74) is 5.84. The molecule has 104 valence electrons. The summed E-state index contributed by atoms with van der Waals surface area (Å²) in [6.07, 6.45) is 4.49. The van der Waals surface area contributed by atoms with Crippen LogP contribution in [-0.4, -0.2) is 58.7 Å². The number of nitrogens with two attached hydrogens (primary N) is 1. The zero-order valence-corrected chi connectivity index (χ0v) is 10.8. The Bertz CT molecular complexity index is 276. The summed E-state index contributed by atoms with van der Waals surface area (Å²) < 4.78 is 0. The van der Waals surface area contributed by atoms with Crippen molar-refractivity contribution in [2.75, 3.05) is 13.1 Å². The molecule has 3 rings (SSSR count). The lowest BCUT2D eigenvalue weighted by Crippen LogP contribution is -2.53. The molecule has 1 aliphatic carbocycles. The van der Waals surface area contributed by atoms with Crippen LogP contribution < -0.4 is 11.1 Å². The smallest absolute Gasteiger partial charge is 0.0623 e. The Morgan fingerprint density at radius 3 is 2.50 bits per heavy atom. The number of piperidine rings is 1. The van der Waals surface area contributed by atoms with Crippen molar-refractivity contribution in [1.82, 2.24) is 10.2 Å². The molecule has 3 aliphatic rings. The van der Waals surface area contributed by atoms with Gasteiger partial charge < -0.3 is 15.9 Å². The van der Waals surface area contributed by atoms with E-state index in [4.69, 9.17) is 5.73 Å². The van der Waals surface area contributed by atoms with Crippen LogP contribution in [-0.2, 0) is 0 Å². The topological polar surface area (TPSA) is 81.8 Å². The molecule has 3 fully saturated rings. The van der Waals surface area contributed by atoms with Gasteiger partial charge in [0.25, 0.3) is 0 Å². The Kier molecular flexibility index (Phi) is 3.60. The number of hydrogen-bond donors (Lipinski definition) is 4. The van der Waals surface area contributed by atoms with Crippen LogP contribution in [0.25, 0.3) is 0 Å². The first-order valence-electron chi connectivity index (χ1n) is 7.27. The Morgan fingerprint density at radius 2 is 1.83 bits per heavy atom. The van der Waals surface area contributed by atoms with Crippen molar-refractivity contribution >= 4 is 0 Å². The second-order valence-corrected chi connectivity index (χ2v) is 6.22. The highest BCUT2D eigenvalue weighted by molar-refractivity contribution is 5.00. The minimum Gasteiger partial charge on any atom is -0.393 e. The quantitative estimate of drug-likeness (QED) is 0.495. The summed E-state index contributed by atoms with van der Waals surface area (Å²) in [4.78, 5) is 2.46. The van der Waals surface area contributed by atoms with Crippen LogP contribution in [0.5, 0.6) is 0 Å². The first kappa shape index (κ1) is 12.8. The predicted molar refractivity (Wildman–Crippen MR) is 68.8 cm³/mol. The summed E-state index contributed by atoms with van der Waals surface area (Å²) in [7, 11) is 0. The molecule has 4 atom stereocenters. The molecule has 0 amide bonds. The maximum Gasteiger partial charge on any atom is 0.0623 e. The number of nitrogens with zero attached hydrogens (tertiary/aromatic N) is 1. The van der Waals surface area contributed by atoms with Gasteiger partial charge in [0.1, 0.15) is 0 Å². The van der Waals surface area contributed by atoms with Gasteiger partial charge in [0.05, 0.1) is 18.4 Å².